The highest BCUT2D eigenvalue weighted by Gasteiger charge is 2.59. The van der Waals surface area contributed by atoms with E-state index in [1.165, 1.54) is 3.97 Å². The van der Waals surface area contributed by atoms with Crippen molar-refractivity contribution in [2.45, 2.75) is 42.5 Å². The van der Waals surface area contributed by atoms with Crippen molar-refractivity contribution < 1.29 is 13.2 Å². The molecule has 3 aromatic carbocycles. The van der Waals surface area contributed by atoms with E-state index in [1.54, 1.807) is 23.2 Å². The van der Waals surface area contributed by atoms with Crippen LogP contribution in [0.5, 0.6) is 0 Å². The molecule has 0 N–H and O–H groups in total. The standard InChI is InChI=1S/C29H26BrN3O3S/c1-18-11-13-20(14-12-18)37(35,36)33-17-19-16-29(27-21(30)6-3-9-24(27)31(2)28(29)34)25-10-5-15-32(25)22-7-4-8-23(33)26(19)22/h3-4,6-9,11-14,17,25H,5,10,15-16H2,1-2H3. The zero-order valence-electron chi connectivity index (χ0n) is 20.6. The van der Waals surface area contributed by atoms with E-state index in [2.05, 4.69) is 26.9 Å². The number of halogens is 1. The van der Waals surface area contributed by atoms with Crippen LogP contribution in [-0.4, -0.2) is 37.9 Å². The zero-order chi connectivity index (χ0) is 25.7. The molecule has 1 spiro atoms. The van der Waals surface area contributed by atoms with Gasteiger partial charge >= 0.3 is 0 Å². The van der Waals surface area contributed by atoms with Gasteiger partial charge in [-0.1, -0.05) is 45.8 Å². The largest absolute Gasteiger partial charge is 0.367 e. The maximum atomic E-state index is 14.3. The summed E-state index contributed by atoms with van der Waals surface area (Å²) in [5.41, 5.74) is 4.67. The molecule has 4 aromatic rings. The Bertz CT molecular complexity index is 1730. The molecule has 7 rings (SSSR count). The first-order valence-corrected chi connectivity index (χ1v) is 14.8. The van der Waals surface area contributed by atoms with Crippen LogP contribution in [0.3, 0.4) is 0 Å². The highest BCUT2D eigenvalue weighted by Crippen LogP contribution is 2.55. The van der Waals surface area contributed by atoms with Crippen molar-refractivity contribution in [3.05, 3.63) is 88.0 Å². The van der Waals surface area contributed by atoms with Gasteiger partial charge in [-0.15, -0.1) is 0 Å². The summed E-state index contributed by atoms with van der Waals surface area (Å²) in [4.78, 5) is 18.7. The Morgan fingerprint density at radius 3 is 2.51 bits per heavy atom. The number of likely N-dealkylation sites (N-methyl/N-ethyl adjacent to an activating group) is 1. The molecule has 2 unspecified atom stereocenters. The first-order chi connectivity index (χ1) is 17.7. The van der Waals surface area contributed by atoms with E-state index in [4.69, 9.17) is 0 Å². The molecular weight excluding hydrogens is 550 g/mol. The van der Waals surface area contributed by atoms with E-state index in [-0.39, 0.29) is 16.8 Å². The molecule has 6 nitrogen and oxygen atoms in total. The van der Waals surface area contributed by atoms with Crippen molar-refractivity contribution in [3.63, 3.8) is 0 Å². The fourth-order valence-electron chi connectivity index (χ4n) is 6.92. The van der Waals surface area contributed by atoms with Gasteiger partial charge in [-0.3, -0.25) is 4.79 Å². The Morgan fingerprint density at radius 2 is 1.73 bits per heavy atom. The second kappa shape index (κ2) is 7.71. The van der Waals surface area contributed by atoms with Gasteiger partial charge in [-0.05, 0) is 68.1 Å². The molecular formula is C29H26BrN3O3S. The van der Waals surface area contributed by atoms with Crippen LogP contribution >= 0.6 is 15.9 Å². The number of nitrogens with zero attached hydrogens (tertiary/aromatic N) is 3. The van der Waals surface area contributed by atoms with Gasteiger partial charge < -0.3 is 9.80 Å². The summed E-state index contributed by atoms with van der Waals surface area (Å²) >= 11 is 3.78. The van der Waals surface area contributed by atoms with Crippen molar-refractivity contribution in [2.24, 2.45) is 0 Å². The summed E-state index contributed by atoms with van der Waals surface area (Å²) in [6.07, 6.45) is 4.09. The average molecular weight is 577 g/mol. The highest BCUT2D eigenvalue weighted by atomic mass is 79.9. The maximum Gasteiger partial charge on any atom is 0.268 e. The Kier molecular flexibility index (Phi) is 4.80. The zero-order valence-corrected chi connectivity index (χ0v) is 23.0. The van der Waals surface area contributed by atoms with Crippen LogP contribution in [0.2, 0.25) is 0 Å². The molecule has 1 fully saturated rings. The quantitative estimate of drug-likeness (QED) is 0.321. The van der Waals surface area contributed by atoms with Crippen molar-refractivity contribution >= 4 is 54.1 Å². The third kappa shape index (κ3) is 2.91. The summed E-state index contributed by atoms with van der Waals surface area (Å²) in [5.74, 6) is 0.0707. The molecule has 3 aliphatic rings. The van der Waals surface area contributed by atoms with E-state index < -0.39 is 15.4 Å². The number of amides is 1. The smallest absolute Gasteiger partial charge is 0.268 e. The molecule has 0 aliphatic carbocycles. The van der Waals surface area contributed by atoms with Gasteiger partial charge in [-0.25, -0.2) is 12.4 Å². The minimum atomic E-state index is -3.83. The van der Waals surface area contributed by atoms with E-state index in [9.17, 15) is 13.2 Å². The lowest BCUT2D eigenvalue weighted by Crippen LogP contribution is -2.54. The van der Waals surface area contributed by atoms with Crippen molar-refractivity contribution in [2.75, 3.05) is 23.4 Å². The summed E-state index contributed by atoms with van der Waals surface area (Å²) in [6.45, 7) is 2.77. The number of rotatable bonds is 2. The van der Waals surface area contributed by atoms with E-state index in [1.807, 2.05) is 56.4 Å². The molecule has 0 saturated carbocycles. The molecule has 1 aromatic heterocycles. The average Bonchev–Trinajstić information content (AvgIpc) is 3.55. The van der Waals surface area contributed by atoms with Gasteiger partial charge in [0.05, 0.1) is 10.4 Å². The molecule has 1 saturated heterocycles. The Balaban J connectivity index is 1.52. The third-order valence-corrected chi connectivity index (χ3v) is 10.9. The maximum absolute atomic E-state index is 14.3. The predicted molar refractivity (Wildman–Crippen MR) is 149 cm³/mol. The van der Waals surface area contributed by atoms with Crippen LogP contribution in [0, 0.1) is 6.92 Å². The van der Waals surface area contributed by atoms with Gasteiger partial charge in [0, 0.05) is 52.6 Å². The molecule has 4 heterocycles. The van der Waals surface area contributed by atoms with Crippen molar-refractivity contribution in [1.29, 1.82) is 0 Å². The monoisotopic (exact) mass is 575 g/mol. The van der Waals surface area contributed by atoms with E-state index in [0.717, 1.165) is 57.3 Å². The summed E-state index contributed by atoms with van der Waals surface area (Å²) in [7, 11) is -1.98. The number of carbonyl (C=O) groups excluding carboxylic acids is 1. The number of anilines is 2. The lowest BCUT2D eigenvalue weighted by atomic mass is 9.70. The second-order valence-corrected chi connectivity index (χ2v) is 13.1. The summed E-state index contributed by atoms with van der Waals surface area (Å²) in [6, 6.07) is 18.8. The number of benzene rings is 3. The van der Waals surface area contributed by atoms with Crippen LogP contribution in [0.25, 0.3) is 10.9 Å². The highest BCUT2D eigenvalue weighted by molar-refractivity contribution is 9.10. The summed E-state index contributed by atoms with van der Waals surface area (Å²) in [5, 5.41) is 0.929. The third-order valence-electron chi connectivity index (χ3n) is 8.52. The molecule has 188 valence electrons. The van der Waals surface area contributed by atoms with Gasteiger partial charge in [0.25, 0.3) is 10.0 Å². The van der Waals surface area contributed by atoms with Crippen molar-refractivity contribution in [1.82, 2.24) is 3.97 Å². The van der Waals surface area contributed by atoms with Crippen LogP contribution in [0.15, 0.2) is 76.2 Å². The van der Waals surface area contributed by atoms with Crippen LogP contribution < -0.4 is 9.80 Å². The minimum absolute atomic E-state index is 0.0115. The first-order valence-electron chi connectivity index (χ1n) is 12.5. The number of aromatic nitrogens is 1. The number of hydrogen-bond donors (Lipinski definition) is 0. The number of aryl methyl sites for hydroxylation is 1. The Morgan fingerprint density at radius 1 is 1.00 bits per heavy atom. The lowest BCUT2D eigenvalue weighted by Gasteiger charge is -2.39. The van der Waals surface area contributed by atoms with Crippen LogP contribution in [-0.2, 0) is 26.7 Å². The van der Waals surface area contributed by atoms with Gasteiger partial charge in [0.2, 0.25) is 5.91 Å². The molecule has 0 bridgehead atoms. The molecule has 8 heteroatoms. The first kappa shape index (κ1) is 23.0. The minimum Gasteiger partial charge on any atom is -0.367 e. The molecule has 2 atom stereocenters. The Hall–Kier alpha value is -3.10. The molecule has 3 aliphatic heterocycles. The van der Waals surface area contributed by atoms with Gasteiger partial charge in [0.15, 0.2) is 0 Å². The molecule has 1 amide bonds. The van der Waals surface area contributed by atoms with Crippen LogP contribution in [0.1, 0.15) is 29.5 Å². The predicted octanol–water partition coefficient (Wildman–Crippen LogP) is 5.39. The normalized spacial score (nSPS) is 22.6. The second-order valence-electron chi connectivity index (χ2n) is 10.4. The molecule has 0 radical (unpaired) electrons. The number of carbonyl (C=O) groups is 1. The van der Waals surface area contributed by atoms with Gasteiger partial charge in [-0.2, -0.15) is 0 Å². The Labute approximate surface area is 224 Å². The lowest BCUT2D eigenvalue weighted by molar-refractivity contribution is -0.123. The summed E-state index contributed by atoms with van der Waals surface area (Å²) < 4.78 is 30.1. The van der Waals surface area contributed by atoms with Crippen LogP contribution in [0.4, 0.5) is 11.4 Å². The van der Waals surface area contributed by atoms with E-state index >= 15 is 0 Å². The molecule has 37 heavy (non-hydrogen) atoms. The van der Waals surface area contributed by atoms with E-state index in [0.29, 0.717) is 11.9 Å². The number of fused-ring (bicyclic) bond motifs is 5. The number of hydrogen-bond acceptors (Lipinski definition) is 4. The fraction of sp³-hybridized carbons (Fsp3) is 0.276. The van der Waals surface area contributed by atoms with Gasteiger partial charge in [0.1, 0.15) is 5.41 Å². The topological polar surface area (TPSA) is 62.6 Å². The SMILES string of the molecule is Cc1ccc(S(=O)(=O)n2cc3c4c(cccc42)N2CCCC2C2(C3)C(=O)N(C)c3cccc(Br)c32)cc1. The fourth-order valence-corrected chi connectivity index (χ4v) is 9.01. The van der Waals surface area contributed by atoms with Crippen molar-refractivity contribution in [3.8, 4) is 0 Å².